The Morgan fingerprint density at radius 1 is 1.35 bits per heavy atom. The van der Waals surface area contributed by atoms with Crippen molar-refractivity contribution < 1.29 is 4.79 Å². The normalized spacial score (nSPS) is 24.9. The van der Waals surface area contributed by atoms with Gasteiger partial charge >= 0.3 is 0 Å². The fraction of sp³-hybridized carbons (Fsp3) is 0.929. The van der Waals surface area contributed by atoms with Crippen molar-refractivity contribution in [3.63, 3.8) is 0 Å². The first kappa shape index (κ1) is 14.5. The summed E-state index contributed by atoms with van der Waals surface area (Å²) in [6.45, 7) is 7.96. The van der Waals surface area contributed by atoms with Gasteiger partial charge in [-0.15, -0.1) is 0 Å². The third-order valence-electron chi connectivity index (χ3n) is 3.78. The quantitative estimate of drug-likeness (QED) is 0.748. The number of nitrogens with one attached hydrogen (secondary N) is 2. The van der Waals surface area contributed by atoms with Crippen LogP contribution in [0.15, 0.2) is 0 Å². The van der Waals surface area contributed by atoms with Crippen molar-refractivity contribution in [2.45, 2.75) is 58.9 Å². The maximum atomic E-state index is 11.5. The summed E-state index contributed by atoms with van der Waals surface area (Å²) in [5.74, 6) is 1.74. The van der Waals surface area contributed by atoms with E-state index in [1.54, 1.807) is 0 Å². The van der Waals surface area contributed by atoms with Crippen LogP contribution in [-0.2, 0) is 4.79 Å². The Hall–Kier alpha value is -0.570. The summed E-state index contributed by atoms with van der Waals surface area (Å²) >= 11 is 0. The topological polar surface area (TPSA) is 41.1 Å². The van der Waals surface area contributed by atoms with Crippen molar-refractivity contribution in [2.75, 3.05) is 13.1 Å². The van der Waals surface area contributed by atoms with Gasteiger partial charge in [0, 0.05) is 12.6 Å². The summed E-state index contributed by atoms with van der Waals surface area (Å²) in [6, 6.07) is 0.545. The molecule has 0 aromatic carbocycles. The Bertz CT molecular complexity index is 228. The Labute approximate surface area is 106 Å². The van der Waals surface area contributed by atoms with Crippen LogP contribution in [0.1, 0.15) is 52.9 Å². The monoisotopic (exact) mass is 240 g/mol. The van der Waals surface area contributed by atoms with Crippen LogP contribution in [0.5, 0.6) is 0 Å². The van der Waals surface area contributed by atoms with E-state index < -0.39 is 0 Å². The summed E-state index contributed by atoms with van der Waals surface area (Å²) in [6.07, 6.45) is 6.13. The summed E-state index contributed by atoms with van der Waals surface area (Å²) < 4.78 is 0. The summed E-state index contributed by atoms with van der Waals surface area (Å²) in [4.78, 5) is 11.5. The van der Waals surface area contributed by atoms with Crippen LogP contribution in [0.4, 0.5) is 0 Å². The highest BCUT2D eigenvalue weighted by Gasteiger charge is 2.23. The third-order valence-corrected chi connectivity index (χ3v) is 3.78. The minimum atomic E-state index is 0.138. The molecule has 0 aliphatic heterocycles. The second-order valence-electron chi connectivity index (χ2n) is 5.60. The van der Waals surface area contributed by atoms with E-state index >= 15 is 0 Å². The van der Waals surface area contributed by atoms with Crippen LogP contribution in [0.2, 0.25) is 0 Å². The van der Waals surface area contributed by atoms with Gasteiger partial charge in [-0.2, -0.15) is 0 Å². The van der Waals surface area contributed by atoms with Crippen LogP contribution in [0.25, 0.3) is 0 Å². The Balaban J connectivity index is 2.20. The summed E-state index contributed by atoms with van der Waals surface area (Å²) in [7, 11) is 0. The lowest BCUT2D eigenvalue weighted by molar-refractivity contribution is -0.120. The molecule has 0 heterocycles. The second-order valence-corrected chi connectivity index (χ2v) is 5.60. The van der Waals surface area contributed by atoms with E-state index in [0.29, 0.717) is 12.6 Å². The standard InChI is InChI=1S/C14H28N2O/c1-4-8-15-14(17)10-16-13-7-5-6-12(9-13)11(2)3/h11-13,16H,4-10H2,1-3H3,(H,15,17). The lowest BCUT2D eigenvalue weighted by atomic mass is 9.79. The molecule has 100 valence electrons. The van der Waals surface area contributed by atoms with Gasteiger partial charge in [0.15, 0.2) is 0 Å². The lowest BCUT2D eigenvalue weighted by Gasteiger charge is -2.32. The highest BCUT2D eigenvalue weighted by atomic mass is 16.1. The zero-order valence-electron chi connectivity index (χ0n) is 11.6. The van der Waals surface area contributed by atoms with E-state index in [4.69, 9.17) is 0 Å². The molecule has 3 nitrogen and oxygen atoms in total. The van der Waals surface area contributed by atoms with Crippen molar-refractivity contribution in [1.82, 2.24) is 10.6 Å². The molecule has 17 heavy (non-hydrogen) atoms. The third kappa shape index (κ3) is 5.53. The molecule has 1 aliphatic rings. The molecule has 2 unspecified atom stereocenters. The van der Waals surface area contributed by atoms with Crippen LogP contribution in [0.3, 0.4) is 0 Å². The zero-order valence-corrected chi connectivity index (χ0v) is 11.6. The van der Waals surface area contributed by atoms with E-state index in [1.807, 2.05) is 0 Å². The van der Waals surface area contributed by atoms with Crippen molar-refractivity contribution in [3.05, 3.63) is 0 Å². The van der Waals surface area contributed by atoms with Gasteiger partial charge < -0.3 is 10.6 Å². The molecule has 0 spiro atoms. The predicted molar refractivity (Wildman–Crippen MR) is 71.9 cm³/mol. The molecule has 0 aromatic rings. The number of rotatable bonds is 6. The van der Waals surface area contributed by atoms with E-state index in [0.717, 1.165) is 24.8 Å². The van der Waals surface area contributed by atoms with Gasteiger partial charge in [-0.3, -0.25) is 4.79 Å². The number of hydrogen-bond donors (Lipinski definition) is 2. The van der Waals surface area contributed by atoms with Gasteiger partial charge in [-0.05, 0) is 31.1 Å². The van der Waals surface area contributed by atoms with Crippen molar-refractivity contribution in [2.24, 2.45) is 11.8 Å². The maximum Gasteiger partial charge on any atom is 0.233 e. The van der Waals surface area contributed by atoms with Crippen molar-refractivity contribution in [1.29, 1.82) is 0 Å². The molecule has 0 bridgehead atoms. The summed E-state index contributed by atoms with van der Waals surface area (Å²) in [5.41, 5.74) is 0. The molecule has 1 rings (SSSR count). The van der Waals surface area contributed by atoms with Crippen LogP contribution in [0, 0.1) is 11.8 Å². The van der Waals surface area contributed by atoms with Gasteiger partial charge in [-0.1, -0.05) is 33.6 Å². The van der Waals surface area contributed by atoms with E-state index in [1.165, 1.54) is 25.7 Å². The van der Waals surface area contributed by atoms with Crippen molar-refractivity contribution in [3.8, 4) is 0 Å². The fourth-order valence-corrected chi connectivity index (χ4v) is 2.58. The van der Waals surface area contributed by atoms with Gasteiger partial charge in [-0.25, -0.2) is 0 Å². The highest BCUT2D eigenvalue weighted by Crippen LogP contribution is 2.29. The molecular weight excluding hydrogens is 212 g/mol. The van der Waals surface area contributed by atoms with Crippen LogP contribution >= 0.6 is 0 Å². The largest absolute Gasteiger partial charge is 0.355 e. The van der Waals surface area contributed by atoms with E-state index in [-0.39, 0.29) is 5.91 Å². The molecular formula is C14H28N2O. The fourth-order valence-electron chi connectivity index (χ4n) is 2.58. The summed E-state index contributed by atoms with van der Waals surface area (Å²) in [5, 5.41) is 6.31. The molecule has 2 atom stereocenters. The second kappa shape index (κ2) is 7.70. The molecule has 1 amide bonds. The number of carbonyl (C=O) groups excluding carboxylic acids is 1. The average Bonchev–Trinajstić information content (AvgIpc) is 2.34. The minimum Gasteiger partial charge on any atom is -0.355 e. The Morgan fingerprint density at radius 3 is 2.76 bits per heavy atom. The molecule has 1 saturated carbocycles. The first-order valence-corrected chi connectivity index (χ1v) is 7.13. The van der Waals surface area contributed by atoms with Crippen LogP contribution < -0.4 is 10.6 Å². The molecule has 1 fully saturated rings. The van der Waals surface area contributed by atoms with Gasteiger partial charge in [0.1, 0.15) is 0 Å². The number of amides is 1. The molecule has 2 N–H and O–H groups in total. The van der Waals surface area contributed by atoms with E-state index in [9.17, 15) is 4.79 Å². The molecule has 1 aliphatic carbocycles. The molecule has 0 saturated heterocycles. The number of hydrogen-bond acceptors (Lipinski definition) is 2. The molecule has 0 radical (unpaired) electrons. The SMILES string of the molecule is CCCNC(=O)CNC1CCCC(C(C)C)C1. The van der Waals surface area contributed by atoms with Crippen LogP contribution in [-0.4, -0.2) is 25.0 Å². The Morgan fingerprint density at radius 2 is 2.12 bits per heavy atom. The predicted octanol–water partition coefficient (Wildman–Crippen LogP) is 2.32. The molecule has 0 aromatic heterocycles. The molecule has 3 heteroatoms. The smallest absolute Gasteiger partial charge is 0.233 e. The van der Waals surface area contributed by atoms with Gasteiger partial charge in [0.2, 0.25) is 5.91 Å². The zero-order chi connectivity index (χ0) is 12.7. The highest BCUT2D eigenvalue weighted by molar-refractivity contribution is 5.77. The van der Waals surface area contributed by atoms with Gasteiger partial charge in [0.25, 0.3) is 0 Å². The minimum absolute atomic E-state index is 0.138. The van der Waals surface area contributed by atoms with E-state index in [2.05, 4.69) is 31.4 Å². The maximum absolute atomic E-state index is 11.5. The first-order valence-electron chi connectivity index (χ1n) is 7.13. The average molecular weight is 240 g/mol. The van der Waals surface area contributed by atoms with Crippen molar-refractivity contribution >= 4 is 5.91 Å². The Kier molecular flexibility index (Phi) is 6.56. The number of carbonyl (C=O) groups is 1. The first-order chi connectivity index (χ1) is 8.13. The lowest BCUT2D eigenvalue weighted by Crippen LogP contribution is -2.42. The van der Waals surface area contributed by atoms with Gasteiger partial charge in [0.05, 0.1) is 6.54 Å².